The number of hydrogen-bond donors (Lipinski definition) is 1. The third kappa shape index (κ3) is 5.30. The van der Waals surface area contributed by atoms with E-state index in [4.69, 9.17) is 9.47 Å². The minimum absolute atomic E-state index is 0.143. The van der Waals surface area contributed by atoms with E-state index in [2.05, 4.69) is 36.5 Å². The highest BCUT2D eigenvalue weighted by molar-refractivity contribution is 9.10. The van der Waals surface area contributed by atoms with Crippen LogP contribution in [0.4, 0.5) is 10.1 Å². The van der Waals surface area contributed by atoms with Gasteiger partial charge >= 0.3 is 0 Å². The zero-order valence-corrected chi connectivity index (χ0v) is 24.5. The number of carbonyl (C=O) groups is 1. The van der Waals surface area contributed by atoms with Crippen LogP contribution in [0, 0.1) is 12.7 Å². The molecule has 1 N–H and O–H groups in total. The van der Waals surface area contributed by atoms with Crippen LogP contribution in [0.25, 0.3) is 22.3 Å². The van der Waals surface area contributed by atoms with Crippen molar-refractivity contribution < 1.29 is 18.7 Å². The van der Waals surface area contributed by atoms with Crippen molar-refractivity contribution in [3.8, 4) is 22.8 Å². The fourth-order valence-electron chi connectivity index (χ4n) is 4.46. The lowest BCUT2D eigenvalue weighted by Gasteiger charge is -2.13. The van der Waals surface area contributed by atoms with Crippen LogP contribution in [0.2, 0.25) is 0 Å². The second-order valence-electron chi connectivity index (χ2n) is 9.44. The van der Waals surface area contributed by atoms with E-state index < -0.39 is 17.3 Å². The fraction of sp³-hybridized carbons (Fsp3) is 0.207. The van der Waals surface area contributed by atoms with Gasteiger partial charge in [0.2, 0.25) is 0 Å². The molecular formula is C29H26BrFN6O4. The standard InChI is InChI=1S/C29H26BrFN6O4/c1-15-10-17(6-8-20(15)30)16(2)37-14-23(34-35-37)19-11-18(7-9-21(19)31)32-28(38)27-29(39)36(3)24-13-26(41-5)25(40-4)12-22(24)33-27/h6-14,16H,1-5H3,(H,32,38)/t16-/m1/s1. The van der Waals surface area contributed by atoms with Crippen molar-refractivity contribution >= 4 is 38.6 Å². The highest BCUT2D eigenvalue weighted by Crippen LogP contribution is 2.31. The summed E-state index contributed by atoms with van der Waals surface area (Å²) in [6.45, 7) is 3.97. The zero-order chi connectivity index (χ0) is 29.4. The Morgan fingerprint density at radius 3 is 2.51 bits per heavy atom. The van der Waals surface area contributed by atoms with Crippen molar-refractivity contribution in [2.45, 2.75) is 19.9 Å². The van der Waals surface area contributed by atoms with Gasteiger partial charge in [0.05, 0.1) is 37.5 Å². The molecule has 2 aromatic heterocycles. The van der Waals surface area contributed by atoms with Crippen LogP contribution >= 0.6 is 15.9 Å². The van der Waals surface area contributed by atoms with Crippen molar-refractivity contribution in [1.29, 1.82) is 0 Å². The number of fused-ring (bicyclic) bond motifs is 1. The Hall–Kier alpha value is -4.58. The SMILES string of the molecule is COc1cc2nc(C(=O)Nc3ccc(F)c(-c4cn([C@H](C)c5ccc(Br)c(C)c5)nn4)c3)c(=O)n(C)c2cc1OC. The Labute approximate surface area is 242 Å². The van der Waals surface area contributed by atoms with Gasteiger partial charge in [0, 0.05) is 34.9 Å². The lowest BCUT2D eigenvalue weighted by Crippen LogP contribution is -2.29. The smallest absolute Gasteiger partial charge is 0.282 e. The highest BCUT2D eigenvalue weighted by atomic mass is 79.9. The number of rotatable bonds is 7. The number of ether oxygens (including phenoxy) is 2. The molecule has 5 rings (SSSR count). The largest absolute Gasteiger partial charge is 0.493 e. The molecule has 5 aromatic rings. The summed E-state index contributed by atoms with van der Waals surface area (Å²) in [5.74, 6) is -0.463. The maximum Gasteiger partial charge on any atom is 0.282 e. The number of nitrogens with one attached hydrogen (secondary N) is 1. The van der Waals surface area contributed by atoms with Gasteiger partial charge in [-0.3, -0.25) is 9.59 Å². The minimum atomic E-state index is -0.747. The number of halogens is 2. The van der Waals surface area contributed by atoms with Crippen LogP contribution in [0.15, 0.2) is 64.0 Å². The van der Waals surface area contributed by atoms with Crippen molar-refractivity contribution in [2.75, 3.05) is 19.5 Å². The van der Waals surface area contributed by atoms with Crippen molar-refractivity contribution in [1.82, 2.24) is 24.5 Å². The van der Waals surface area contributed by atoms with Gasteiger partial charge in [-0.1, -0.05) is 33.3 Å². The number of benzene rings is 3. The van der Waals surface area contributed by atoms with Gasteiger partial charge in [0.15, 0.2) is 17.2 Å². The van der Waals surface area contributed by atoms with Crippen molar-refractivity contribution in [3.63, 3.8) is 0 Å². The first-order chi connectivity index (χ1) is 19.6. The molecule has 0 fully saturated rings. The van der Waals surface area contributed by atoms with Gasteiger partial charge in [-0.25, -0.2) is 14.1 Å². The fourth-order valence-corrected chi connectivity index (χ4v) is 4.71. The highest BCUT2D eigenvalue weighted by Gasteiger charge is 2.20. The summed E-state index contributed by atoms with van der Waals surface area (Å²) in [5, 5.41) is 11.0. The monoisotopic (exact) mass is 620 g/mol. The van der Waals surface area contributed by atoms with Crippen LogP contribution in [-0.2, 0) is 7.05 Å². The predicted octanol–water partition coefficient (Wildman–Crippen LogP) is 5.28. The molecule has 3 aromatic carbocycles. The van der Waals surface area contributed by atoms with Crippen LogP contribution in [-0.4, -0.2) is 44.7 Å². The van der Waals surface area contributed by atoms with Crippen LogP contribution < -0.4 is 20.3 Å². The summed E-state index contributed by atoms with van der Waals surface area (Å²) in [6.07, 6.45) is 1.65. The summed E-state index contributed by atoms with van der Waals surface area (Å²) < 4.78 is 29.5. The first-order valence-electron chi connectivity index (χ1n) is 12.5. The predicted molar refractivity (Wildman–Crippen MR) is 156 cm³/mol. The Balaban J connectivity index is 1.44. The number of aromatic nitrogens is 5. The number of hydrogen-bond acceptors (Lipinski definition) is 7. The average Bonchev–Trinajstić information content (AvgIpc) is 3.46. The molecule has 0 saturated carbocycles. The summed E-state index contributed by atoms with van der Waals surface area (Å²) in [4.78, 5) is 30.5. The maximum atomic E-state index is 14.9. The normalized spacial score (nSPS) is 11.9. The molecule has 0 bridgehead atoms. The topological polar surface area (TPSA) is 113 Å². The molecule has 0 aliphatic rings. The molecule has 0 aliphatic heterocycles. The van der Waals surface area contributed by atoms with E-state index in [1.54, 1.807) is 23.0 Å². The lowest BCUT2D eigenvalue weighted by atomic mass is 10.1. The Morgan fingerprint density at radius 1 is 1.07 bits per heavy atom. The van der Waals surface area contributed by atoms with Crippen LogP contribution in [0.5, 0.6) is 11.5 Å². The number of anilines is 1. The Morgan fingerprint density at radius 2 is 1.80 bits per heavy atom. The number of aryl methyl sites for hydroxylation is 2. The first kappa shape index (κ1) is 28.0. The summed E-state index contributed by atoms with van der Waals surface area (Å²) in [5.41, 5.74) is 2.68. The maximum absolute atomic E-state index is 14.9. The minimum Gasteiger partial charge on any atom is -0.493 e. The quantitative estimate of drug-likeness (QED) is 0.263. The Kier molecular flexibility index (Phi) is 7.59. The second-order valence-corrected chi connectivity index (χ2v) is 10.3. The molecule has 210 valence electrons. The second kappa shape index (κ2) is 11.1. The summed E-state index contributed by atoms with van der Waals surface area (Å²) >= 11 is 3.51. The molecule has 0 unspecified atom stereocenters. The molecule has 2 heterocycles. The van der Waals surface area contributed by atoms with E-state index in [0.29, 0.717) is 28.2 Å². The first-order valence-corrected chi connectivity index (χ1v) is 13.3. The van der Waals surface area contributed by atoms with E-state index in [1.165, 1.54) is 44.0 Å². The number of carbonyl (C=O) groups excluding carboxylic acids is 1. The van der Waals surface area contributed by atoms with E-state index in [1.807, 2.05) is 32.0 Å². The van der Waals surface area contributed by atoms with Gasteiger partial charge < -0.3 is 19.4 Å². The lowest BCUT2D eigenvalue weighted by molar-refractivity contribution is 0.102. The van der Waals surface area contributed by atoms with Gasteiger partial charge in [-0.05, 0) is 49.2 Å². The summed E-state index contributed by atoms with van der Waals surface area (Å²) in [6, 6.07) is 13.1. The molecule has 0 aliphatic carbocycles. The molecule has 0 spiro atoms. The van der Waals surface area contributed by atoms with Crippen LogP contribution in [0.3, 0.4) is 0 Å². The Bertz CT molecular complexity index is 1870. The van der Waals surface area contributed by atoms with Gasteiger partial charge in [-0.2, -0.15) is 0 Å². The van der Waals surface area contributed by atoms with E-state index in [0.717, 1.165) is 15.6 Å². The third-order valence-electron chi connectivity index (χ3n) is 6.87. The van der Waals surface area contributed by atoms with E-state index in [9.17, 15) is 14.0 Å². The molecule has 41 heavy (non-hydrogen) atoms. The number of amides is 1. The zero-order valence-electron chi connectivity index (χ0n) is 22.9. The van der Waals surface area contributed by atoms with Gasteiger partial charge in [0.1, 0.15) is 11.5 Å². The molecule has 0 radical (unpaired) electrons. The molecule has 12 heteroatoms. The average molecular weight is 621 g/mol. The molecule has 1 amide bonds. The number of nitrogens with zero attached hydrogens (tertiary/aromatic N) is 5. The number of methoxy groups -OCH3 is 2. The van der Waals surface area contributed by atoms with E-state index >= 15 is 0 Å². The molecule has 1 atom stereocenters. The summed E-state index contributed by atoms with van der Waals surface area (Å²) in [7, 11) is 4.50. The third-order valence-corrected chi connectivity index (χ3v) is 7.76. The van der Waals surface area contributed by atoms with Gasteiger partial charge in [-0.15, -0.1) is 5.10 Å². The van der Waals surface area contributed by atoms with Crippen LogP contribution in [0.1, 0.15) is 34.6 Å². The van der Waals surface area contributed by atoms with Crippen molar-refractivity contribution in [2.24, 2.45) is 7.05 Å². The molecule has 10 nitrogen and oxygen atoms in total. The molecule has 0 saturated heterocycles. The molecular weight excluding hydrogens is 595 g/mol. The van der Waals surface area contributed by atoms with Crippen molar-refractivity contribution in [3.05, 3.63) is 92.2 Å². The van der Waals surface area contributed by atoms with E-state index in [-0.39, 0.29) is 23.0 Å². The van der Waals surface area contributed by atoms with Gasteiger partial charge in [0.25, 0.3) is 11.5 Å².